The van der Waals surface area contributed by atoms with E-state index >= 15 is 0 Å². The van der Waals surface area contributed by atoms with Gasteiger partial charge >= 0.3 is 0 Å². The number of amides is 1. The maximum atomic E-state index is 12.8. The van der Waals surface area contributed by atoms with E-state index in [1.165, 1.54) is 5.56 Å². The predicted molar refractivity (Wildman–Crippen MR) is 88.2 cm³/mol. The summed E-state index contributed by atoms with van der Waals surface area (Å²) in [5.41, 5.74) is 2.36. The molecule has 2 aromatic rings. The van der Waals surface area contributed by atoms with Gasteiger partial charge in [-0.1, -0.05) is 6.07 Å². The lowest BCUT2D eigenvalue weighted by Gasteiger charge is -2.40. The maximum Gasteiger partial charge on any atom is 0.242 e. The molecule has 1 aromatic heterocycles. The van der Waals surface area contributed by atoms with Gasteiger partial charge in [-0.05, 0) is 36.1 Å². The number of nitrogens with zero attached hydrogens (tertiary/aromatic N) is 3. The van der Waals surface area contributed by atoms with Crippen LogP contribution in [0.5, 0.6) is 5.75 Å². The smallest absolute Gasteiger partial charge is 0.242 e. The summed E-state index contributed by atoms with van der Waals surface area (Å²) >= 11 is 0. The Labute approximate surface area is 145 Å². The molecule has 25 heavy (non-hydrogen) atoms. The number of aromatic nitrogens is 2. The number of hydrogen-bond acceptors (Lipinski definition) is 6. The van der Waals surface area contributed by atoms with Crippen LogP contribution < -0.4 is 4.74 Å². The van der Waals surface area contributed by atoms with Crippen LogP contribution in [0.15, 0.2) is 22.6 Å². The Morgan fingerprint density at radius 2 is 2.20 bits per heavy atom. The van der Waals surface area contributed by atoms with Crippen LogP contribution in [0.1, 0.15) is 35.2 Å². The molecular formula is C18H21N3O4. The molecule has 132 valence electrons. The number of methoxy groups -OCH3 is 1. The van der Waals surface area contributed by atoms with Gasteiger partial charge in [-0.3, -0.25) is 4.79 Å². The Bertz CT molecular complexity index is 782. The first kappa shape index (κ1) is 16.1. The molecule has 1 aliphatic heterocycles. The van der Waals surface area contributed by atoms with Crippen LogP contribution in [0.2, 0.25) is 0 Å². The van der Waals surface area contributed by atoms with Crippen LogP contribution in [0, 0.1) is 6.92 Å². The van der Waals surface area contributed by atoms with Crippen molar-refractivity contribution in [2.75, 3.05) is 20.2 Å². The third kappa shape index (κ3) is 3.11. The van der Waals surface area contributed by atoms with Crippen LogP contribution in [0.25, 0.3) is 0 Å². The largest absolute Gasteiger partial charge is 0.497 e. The van der Waals surface area contributed by atoms with E-state index in [1.54, 1.807) is 14.0 Å². The maximum absolute atomic E-state index is 12.8. The molecule has 4 rings (SSSR count). The summed E-state index contributed by atoms with van der Waals surface area (Å²) in [5.74, 6) is 1.92. The number of fused-ring (bicyclic) bond motifs is 1. The summed E-state index contributed by atoms with van der Waals surface area (Å²) in [6.45, 7) is 3.26. The third-order valence-corrected chi connectivity index (χ3v) is 4.90. The molecular weight excluding hydrogens is 322 g/mol. The SMILES string of the molecule is COc1ccc2c(c1)C(C(=O)N1CC(OCc3nnc(C)o3)C1)CC2. The zero-order valence-corrected chi connectivity index (χ0v) is 14.4. The van der Waals surface area contributed by atoms with E-state index < -0.39 is 0 Å². The van der Waals surface area contributed by atoms with E-state index in [0.717, 1.165) is 24.2 Å². The number of carbonyl (C=O) groups excluding carboxylic acids is 1. The number of hydrogen-bond donors (Lipinski definition) is 0. The Morgan fingerprint density at radius 1 is 1.36 bits per heavy atom. The van der Waals surface area contributed by atoms with Gasteiger partial charge in [-0.25, -0.2) is 0 Å². The van der Waals surface area contributed by atoms with Gasteiger partial charge in [0.2, 0.25) is 17.7 Å². The van der Waals surface area contributed by atoms with Crippen molar-refractivity contribution in [1.29, 1.82) is 0 Å². The highest BCUT2D eigenvalue weighted by Gasteiger charge is 2.38. The van der Waals surface area contributed by atoms with Gasteiger partial charge in [0.25, 0.3) is 0 Å². The van der Waals surface area contributed by atoms with Crippen LogP contribution in [-0.4, -0.2) is 47.3 Å². The standard InChI is InChI=1S/C18H21N3O4/c1-11-19-20-17(25-11)10-24-14-8-21(9-14)18(22)15-6-4-12-3-5-13(23-2)7-16(12)15/h3,5,7,14-15H,4,6,8-10H2,1-2H3. The van der Waals surface area contributed by atoms with Crippen molar-refractivity contribution in [3.8, 4) is 5.75 Å². The number of rotatable bonds is 5. The quantitative estimate of drug-likeness (QED) is 0.824. The van der Waals surface area contributed by atoms with E-state index in [-0.39, 0.29) is 24.5 Å². The van der Waals surface area contributed by atoms with Gasteiger partial charge in [0.15, 0.2) is 0 Å². The van der Waals surface area contributed by atoms with E-state index in [4.69, 9.17) is 13.9 Å². The lowest BCUT2D eigenvalue weighted by atomic mass is 9.97. The minimum absolute atomic E-state index is 0.0299. The Morgan fingerprint density at radius 3 is 2.92 bits per heavy atom. The number of carbonyl (C=O) groups is 1. The molecule has 1 unspecified atom stereocenters. The second kappa shape index (κ2) is 6.48. The Balaban J connectivity index is 1.32. The van der Waals surface area contributed by atoms with Gasteiger partial charge in [-0.15, -0.1) is 10.2 Å². The molecule has 7 nitrogen and oxygen atoms in total. The topological polar surface area (TPSA) is 77.7 Å². The number of aryl methyl sites for hydroxylation is 2. The van der Waals surface area contributed by atoms with Crippen molar-refractivity contribution in [2.45, 2.75) is 38.4 Å². The first-order valence-corrected chi connectivity index (χ1v) is 8.50. The molecule has 1 atom stereocenters. The summed E-state index contributed by atoms with van der Waals surface area (Å²) in [7, 11) is 1.65. The molecule has 0 bridgehead atoms. The van der Waals surface area contributed by atoms with E-state index in [2.05, 4.69) is 16.3 Å². The zero-order chi connectivity index (χ0) is 17.4. The highest BCUT2D eigenvalue weighted by atomic mass is 16.5. The van der Waals surface area contributed by atoms with Crippen molar-refractivity contribution in [2.24, 2.45) is 0 Å². The van der Waals surface area contributed by atoms with Gasteiger partial charge in [0.05, 0.1) is 19.1 Å². The third-order valence-electron chi connectivity index (χ3n) is 4.90. The molecule has 1 saturated heterocycles. The molecule has 1 aliphatic carbocycles. The summed E-state index contributed by atoms with van der Waals surface area (Å²) in [5, 5.41) is 7.67. The fourth-order valence-corrected chi connectivity index (χ4v) is 3.49. The molecule has 0 radical (unpaired) electrons. The molecule has 2 heterocycles. The minimum Gasteiger partial charge on any atom is -0.497 e. The van der Waals surface area contributed by atoms with Gasteiger partial charge in [-0.2, -0.15) is 0 Å². The first-order chi connectivity index (χ1) is 12.1. The van der Waals surface area contributed by atoms with Crippen molar-refractivity contribution in [3.63, 3.8) is 0 Å². The molecule has 0 spiro atoms. The Kier molecular flexibility index (Phi) is 4.17. The van der Waals surface area contributed by atoms with E-state index in [1.807, 2.05) is 17.0 Å². The number of ether oxygens (including phenoxy) is 2. The molecule has 1 fully saturated rings. The minimum atomic E-state index is -0.0651. The highest BCUT2D eigenvalue weighted by molar-refractivity contribution is 5.86. The second-order valence-electron chi connectivity index (χ2n) is 6.55. The molecule has 0 N–H and O–H groups in total. The Hall–Kier alpha value is -2.41. The fourth-order valence-electron chi connectivity index (χ4n) is 3.49. The summed E-state index contributed by atoms with van der Waals surface area (Å²) in [6, 6.07) is 6.02. The number of benzene rings is 1. The van der Waals surface area contributed by atoms with Gasteiger partial charge < -0.3 is 18.8 Å². The van der Waals surface area contributed by atoms with Crippen molar-refractivity contribution < 1.29 is 18.7 Å². The van der Waals surface area contributed by atoms with Crippen molar-refractivity contribution >= 4 is 5.91 Å². The molecule has 7 heteroatoms. The summed E-state index contributed by atoms with van der Waals surface area (Å²) < 4.78 is 16.3. The average molecular weight is 343 g/mol. The fraction of sp³-hybridized carbons (Fsp3) is 0.500. The lowest BCUT2D eigenvalue weighted by Crippen LogP contribution is -2.55. The second-order valence-corrected chi connectivity index (χ2v) is 6.55. The molecule has 2 aliphatic rings. The molecule has 1 aromatic carbocycles. The summed E-state index contributed by atoms with van der Waals surface area (Å²) in [6.07, 6.45) is 1.84. The summed E-state index contributed by atoms with van der Waals surface area (Å²) in [4.78, 5) is 14.7. The van der Waals surface area contributed by atoms with E-state index in [0.29, 0.717) is 24.9 Å². The molecule has 1 amide bonds. The van der Waals surface area contributed by atoms with Gasteiger partial charge in [0.1, 0.15) is 12.4 Å². The van der Waals surface area contributed by atoms with Crippen molar-refractivity contribution in [1.82, 2.24) is 15.1 Å². The van der Waals surface area contributed by atoms with E-state index in [9.17, 15) is 4.79 Å². The van der Waals surface area contributed by atoms with Crippen LogP contribution >= 0.6 is 0 Å². The monoisotopic (exact) mass is 343 g/mol. The van der Waals surface area contributed by atoms with Crippen LogP contribution in [-0.2, 0) is 22.6 Å². The highest BCUT2D eigenvalue weighted by Crippen LogP contribution is 2.37. The van der Waals surface area contributed by atoms with Crippen LogP contribution in [0.3, 0.4) is 0 Å². The molecule has 0 saturated carbocycles. The number of likely N-dealkylation sites (tertiary alicyclic amines) is 1. The first-order valence-electron chi connectivity index (χ1n) is 8.50. The average Bonchev–Trinajstić information content (AvgIpc) is 3.18. The van der Waals surface area contributed by atoms with Crippen LogP contribution in [0.4, 0.5) is 0 Å². The van der Waals surface area contributed by atoms with Gasteiger partial charge in [0, 0.05) is 20.0 Å². The van der Waals surface area contributed by atoms with Crippen molar-refractivity contribution in [3.05, 3.63) is 41.1 Å². The normalized spacial score (nSPS) is 19.6. The lowest BCUT2D eigenvalue weighted by molar-refractivity contribution is -0.148. The predicted octanol–water partition coefficient (Wildman–Crippen LogP) is 1.84. The zero-order valence-electron chi connectivity index (χ0n) is 14.4.